The van der Waals surface area contributed by atoms with E-state index in [0.29, 0.717) is 42.4 Å². The first-order chi connectivity index (χ1) is 16.0. The topological polar surface area (TPSA) is 81.4 Å². The van der Waals surface area contributed by atoms with Crippen molar-refractivity contribution in [2.75, 3.05) is 26.7 Å². The van der Waals surface area contributed by atoms with Gasteiger partial charge in [0.05, 0.1) is 13.4 Å². The van der Waals surface area contributed by atoms with E-state index in [4.69, 9.17) is 16.3 Å². The van der Waals surface area contributed by atoms with Gasteiger partial charge >= 0.3 is 0 Å². The largest absolute Gasteiger partial charge is 0.496 e. The number of ether oxygens (including phenoxy) is 1. The fourth-order valence-corrected chi connectivity index (χ4v) is 4.43. The van der Waals surface area contributed by atoms with E-state index in [2.05, 4.69) is 15.2 Å². The molecule has 3 heterocycles. The van der Waals surface area contributed by atoms with Gasteiger partial charge in [0, 0.05) is 74.9 Å². The number of hydrogen-bond acceptors (Lipinski definition) is 5. The number of fused-ring (bicyclic) bond motifs is 1. The van der Waals surface area contributed by atoms with Gasteiger partial charge in [0.2, 0.25) is 0 Å². The van der Waals surface area contributed by atoms with Crippen LogP contribution in [0.2, 0.25) is 5.02 Å². The molecule has 4 rings (SSSR count). The highest BCUT2D eigenvalue weighted by atomic mass is 35.5. The Morgan fingerprint density at radius 2 is 2.12 bits per heavy atom. The number of aryl methyl sites for hydroxylation is 1. The summed E-state index contributed by atoms with van der Waals surface area (Å²) in [5.41, 5.74) is 2.14. The molecule has 8 nitrogen and oxygen atoms in total. The minimum atomic E-state index is -0.218. The van der Waals surface area contributed by atoms with Crippen LogP contribution in [-0.4, -0.2) is 51.7 Å². The van der Waals surface area contributed by atoms with E-state index in [9.17, 15) is 9.59 Å². The van der Waals surface area contributed by atoms with Gasteiger partial charge in [0.25, 0.3) is 11.5 Å². The third kappa shape index (κ3) is 5.64. The zero-order valence-corrected chi connectivity index (χ0v) is 19.4. The van der Waals surface area contributed by atoms with Crippen molar-refractivity contribution in [3.05, 3.63) is 81.3 Å². The van der Waals surface area contributed by atoms with Crippen LogP contribution >= 0.6 is 11.6 Å². The van der Waals surface area contributed by atoms with Crippen molar-refractivity contribution in [3.63, 3.8) is 0 Å². The van der Waals surface area contributed by atoms with Crippen LogP contribution in [0.1, 0.15) is 28.0 Å². The number of nitrogens with one attached hydrogen (secondary N) is 1. The zero-order chi connectivity index (χ0) is 23.2. The Labute approximate surface area is 197 Å². The molecule has 2 aromatic heterocycles. The number of amides is 1. The molecule has 33 heavy (non-hydrogen) atoms. The lowest BCUT2D eigenvalue weighted by Crippen LogP contribution is -2.32. The third-order valence-electron chi connectivity index (χ3n) is 5.87. The highest BCUT2D eigenvalue weighted by molar-refractivity contribution is 6.30. The lowest BCUT2D eigenvalue weighted by atomic mass is 10.1. The quantitative estimate of drug-likeness (QED) is 0.513. The van der Waals surface area contributed by atoms with Crippen molar-refractivity contribution in [2.24, 2.45) is 0 Å². The second-order valence-electron chi connectivity index (χ2n) is 8.09. The number of aromatic nitrogens is 3. The van der Waals surface area contributed by atoms with Crippen LogP contribution < -0.4 is 15.6 Å². The molecule has 0 saturated carbocycles. The van der Waals surface area contributed by atoms with Crippen molar-refractivity contribution < 1.29 is 9.53 Å². The van der Waals surface area contributed by atoms with Gasteiger partial charge < -0.3 is 19.2 Å². The van der Waals surface area contributed by atoms with Gasteiger partial charge in [-0.25, -0.2) is 4.98 Å². The van der Waals surface area contributed by atoms with Gasteiger partial charge in [0.1, 0.15) is 11.3 Å². The number of rotatable bonds is 8. The monoisotopic (exact) mass is 469 g/mol. The Hall–Kier alpha value is -3.10. The predicted octanol–water partition coefficient (Wildman–Crippen LogP) is 2.59. The zero-order valence-electron chi connectivity index (χ0n) is 18.7. The average Bonchev–Trinajstić information content (AvgIpc) is 3.23. The SMILES string of the molecule is COc1cc(=O)n2c(c1C(=O)NCCCn1ccnc1)CCN(Cc1cccc(Cl)c1)CC2. The molecule has 0 bridgehead atoms. The van der Waals surface area contributed by atoms with Gasteiger partial charge in [-0.3, -0.25) is 14.5 Å². The van der Waals surface area contributed by atoms with Gasteiger partial charge in [-0.05, 0) is 24.1 Å². The number of benzene rings is 1. The van der Waals surface area contributed by atoms with Crippen molar-refractivity contribution in [1.82, 2.24) is 24.3 Å². The maximum Gasteiger partial charge on any atom is 0.256 e. The molecule has 0 atom stereocenters. The number of imidazole rings is 1. The summed E-state index contributed by atoms with van der Waals surface area (Å²) in [7, 11) is 1.49. The Kier molecular flexibility index (Phi) is 7.47. The minimum Gasteiger partial charge on any atom is -0.496 e. The predicted molar refractivity (Wildman–Crippen MR) is 127 cm³/mol. The lowest BCUT2D eigenvalue weighted by molar-refractivity contribution is 0.0947. The summed E-state index contributed by atoms with van der Waals surface area (Å²) in [6.07, 6.45) is 6.72. The van der Waals surface area contributed by atoms with E-state index in [1.807, 2.05) is 35.0 Å². The van der Waals surface area contributed by atoms with Gasteiger partial charge in [-0.15, -0.1) is 0 Å². The van der Waals surface area contributed by atoms with Crippen LogP contribution in [0.5, 0.6) is 5.75 Å². The van der Waals surface area contributed by atoms with Gasteiger partial charge in [0.15, 0.2) is 0 Å². The standard InChI is InChI=1S/C24H28ClN5O3/c1-33-21-15-22(31)30-13-12-28(16-18-4-2-5-19(25)14-18)10-6-20(30)23(21)24(32)27-7-3-9-29-11-8-26-17-29/h2,4-5,8,11,14-15,17H,3,6-7,9-10,12-13,16H2,1H3,(H,27,32). The number of halogens is 1. The Bertz CT molecular complexity index is 1160. The summed E-state index contributed by atoms with van der Waals surface area (Å²) in [4.78, 5) is 32.2. The summed E-state index contributed by atoms with van der Waals surface area (Å²) in [5.74, 6) is 0.103. The number of hydrogen-bond donors (Lipinski definition) is 1. The molecule has 9 heteroatoms. The molecule has 0 fully saturated rings. The van der Waals surface area contributed by atoms with Crippen LogP contribution in [-0.2, 0) is 26.1 Å². The van der Waals surface area contributed by atoms with Crippen LogP contribution in [0.3, 0.4) is 0 Å². The molecule has 174 valence electrons. The molecule has 0 spiro atoms. The Morgan fingerprint density at radius 3 is 2.88 bits per heavy atom. The van der Waals surface area contributed by atoms with E-state index in [0.717, 1.165) is 37.3 Å². The maximum atomic E-state index is 13.1. The number of pyridine rings is 1. The molecule has 1 N–H and O–H groups in total. The first kappa shape index (κ1) is 23.1. The molecular weight excluding hydrogens is 442 g/mol. The molecule has 0 aliphatic carbocycles. The van der Waals surface area contributed by atoms with E-state index in [1.165, 1.54) is 13.2 Å². The maximum absolute atomic E-state index is 13.1. The third-order valence-corrected chi connectivity index (χ3v) is 6.10. The first-order valence-corrected chi connectivity index (χ1v) is 11.4. The van der Waals surface area contributed by atoms with E-state index in [1.54, 1.807) is 17.1 Å². The molecular formula is C24H28ClN5O3. The van der Waals surface area contributed by atoms with Crippen molar-refractivity contribution in [2.45, 2.75) is 32.5 Å². The van der Waals surface area contributed by atoms with E-state index in [-0.39, 0.29) is 11.5 Å². The summed E-state index contributed by atoms with van der Waals surface area (Å²) in [6.45, 7) is 3.95. The number of carbonyl (C=O) groups is 1. The summed E-state index contributed by atoms with van der Waals surface area (Å²) in [5, 5.41) is 3.69. The number of methoxy groups -OCH3 is 1. The smallest absolute Gasteiger partial charge is 0.256 e. The lowest BCUT2D eigenvalue weighted by Gasteiger charge is -2.19. The van der Waals surface area contributed by atoms with Crippen molar-refractivity contribution in [1.29, 1.82) is 0 Å². The Morgan fingerprint density at radius 1 is 1.24 bits per heavy atom. The molecule has 0 saturated heterocycles. The van der Waals surface area contributed by atoms with Crippen molar-refractivity contribution in [3.8, 4) is 5.75 Å². The van der Waals surface area contributed by atoms with Crippen LogP contribution in [0.25, 0.3) is 0 Å². The normalized spacial score (nSPS) is 13.9. The fourth-order valence-electron chi connectivity index (χ4n) is 4.22. The summed E-state index contributed by atoms with van der Waals surface area (Å²) >= 11 is 6.13. The molecule has 0 unspecified atom stereocenters. The molecule has 0 radical (unpaired) electrons. The summed E-state index contributed by atoms with van der Waals surface area (Å²) in [6, 6.07) is 9.21. The van der Waals surface area contributed by atoms with Gasteiger partial charge in [-0.2, -0.15) is 0 Å². The number of carbonyl (C=O) groups excluding carboxylic acids is 1. The van der Waals surface area contributed by atoms with Crippen LogP contribution in [0, 0.1) is 0 Å². The van der Waals surface area contributed by atoms with Crippen LogP contribution in [0.4, 0.5) is 0 Å². The number of nitrogens with zero attached hydrogens (tertiary/aromatic N) is 4. The second-order valence-corrected chi connectivity index (χ2v) is 8.53. The van der Waals surface area contributed by atoms with Crippen LogP contribution in [0.15, 0.2) is 53.8 Å². The first-order valence-electron chi connectivity index (χ1n) is 11.1. The highest BCUT2D eigenvalue weighted by Gasteiger charge is 2.25. The van der Waals surface area contributed by atoms with Crippen molar-refractivity contribution >= 4 is 17.5 Å². The Balaban J connectivity index is 1.48. The summed E-state index contributed by atoms with van der Waals surface area (Å²) < 4.78 is 9.12. The average molecular weight is 470 g/mol. The fraction of sp³-hybridized carbons (Fsp3) is 0.375. The molecule has 1 aliphatic heterocycles. The minimum absolute atomic E-state index is 0.150. The molecule has 1 aromatic carbocycles. The molecule has 1 aliphatic rings. The second kappa shape index (κ2) is 10.7. The highest BCUT2D eigenvalue weighted by Crippen LogP contribution is 2.23. The van der Waals surface area contributed by atoms with E-state index >= 15 is 0 Å². The molecule has 1 amide bonds. The van der Waals surface area contributed by atoms with E-state index < -0.39 is 0 Å². The van der Waals surface area contributed by atoms with Gasteiger partial charge in [-0.1, -0.05) is 23.7 Å². The molecule has 3 aromatic rings.